The summed E-state index contributed by atoms with van der Waals surface area (Å²) >= 11 is 0. The van der Waals surface area contributed by atoms with Gasteiger partial charge in [0.15, 0.2) is 0 Å². The average Bonchev–Trinajstić information content (AvgIpc) is 1.64. The second kappa shape index (κ2) is 2.85. The first-order valence-corrected chi connectivity index (χ1v) is 2.78. The van der Waals surface area contributed by atoms with Crippen LogP contribution in [0.3, 0.4) is 0 Å². The molecule has 0 saturated heterocycles. The van der Waals surface area contributed by atoms with E-state index in [9.17, 15) is 4.79 Å². The van der Waals surface area contributed by atoms with Crippen LogP contribution in [0.4, 0.5) is 0 Å². The number of carboxylic acid groups (broad SMARTS) is 1. The summed E-state index contributed by atoms with van der Waals surface area (Å²) in [6.07, 6.45) is 0. The summed E-state index contributed by atoms with van der Waals surface area (Å²) in [5.74, 6) is -0.921. The Morgan fingerprint density at radius 3 is 1.75 bits per heavy atom. The van der Waals surface area contributed by atoms with Crippen molar-refractivity contribution in [2.45, 2.75) is 11.5 Å². The minimum absolute atomic E-state index is 0.213. The van der Waals surface area contributed by atoms with Crippen LogP contribution in [0.5, 0.6) is 0 Å². The topological polar surface area (TPSA) is 37.3 Å². The molecule has 1 atom stereocenters. The molecule has 0 aliphatic rings. The van der Waals surface area contributed by atoms with Crippen LogP contribution in [0.1, 0.15) is 0 Å². The van der Waals surface area contributed by atoms with Crippen LogP contribution in [0, 0.1) is 0 Å². The van der Waals surface area contributed by atoms with Gasteiger partial charge >= 0.3 is 0 Å². The maximum atomic E-state index is 10.1. The molecule has 0 saturated carbocycles. The van der Waals surface area contributed by atoms with Gasteiger partial charge in [-0.2, -0.15) is 0 Å². The molecule has 0 aliphatic heterocycles. The lowest BCUT2D eigenvalue weighted by Gasteiger charge is -2.07. The molecule has 0 radical (unpaired) electrons. The fourth-order valence-corrected chi connectivity index (χ4v) is 0.285. The molecule has 0 aliphatic carbocycles. The second-order valence-corrected chi connectivity index (χ2v) is 2.37. The van der Waals surface area contributed by atoms with Crippen molar-refractivity contribution < 1.29 is 9.90 Å². The van der Waals surface area contributed by atoms with E-state index in [1.165, 1.54) is 0 Å². The van der Waals surface area contributed by atoms with E-state index in [4.69, 9.17) is 5.11 Å². The number of carboxylic acids is 1. The number of hydrogen-bond donors (Lipinski definition) is 1. The van der Waals surface area contributed by atoms with Crippen LogP contribution < -0.4 is 0 Å². The van der Waals surface area contributed by atoms with Crippen molar-refractivity contribution in [2.24, 2.45) is 0 Å². The highest BCUT2D eigenvalue weighted by atomic mass is 16.4. The molecule has 5 heteroatoms. The normalized spacial score (nSPS) is 13.6. The summed E-state index contributed by atoms with van der Waals surface area (Å²) < 4.78 is 0. The zero-order valence-electron chi connectivity index (χ0n) is 5.51. The molecule has 1 N–H and O–H groups in total. The zero-order valence-corrected chi connectivity index (χ0v) is 5.51. The Morgan fingerprint density at radius 1 is 1.38 bits per heavy atom. The van der Waals surface area contributed by atoms with Gasteiger partial charge in [0.2, 0.25) is 0 Å². The molecule has 2 nitrogen and oxygen atoms in total. The van der Waals surface area contributed by atoms with Gasteiger partial charge < -0.3 is 5.11 Å². The monoisotopic (exact) mass is 110 g/mol. The van der Waals surface area contributed by atoms with E-state index in [2.05, 4.69) is 0 Å². The summed E-state index contributed by atoms with van der Waals surface area (Å²) in [6, 6.07) is 0. The number of hydrogen-bond acceptors (Lipinski definition) is 1. The van der Waals surface area contributed by atoms with E-state index in [1.807, 2.05) is 15.7 Å². The molecule has 0 aromatic carbocycles. The molecule has 0 amide bonds. The molecule has 0 fully saturated rings. The first-order valence-electron chi connectivity index (χ1n) is 2.78. The summed E-state index contributed by atoms with van der Waals surface area (Å²) in [6.45, 7) is 0. The number of aliphatic carboxylic acids is 1. The third kappa shape index (κ3) is 2.10. The third-order valence-electron chi connectivity index (χ3n) is 1.39. The quantitative estimate of drug-likeness (QED) is 0.399. The molecule has 8 heavy (non-hydrogen) atoms. The fourth-order valence-electron chi connectivity index (χ4n) is 0.285. The smallest absolute Gasteiger partial charge is 0.297 e. The molecule has 1 unspecified atom stereocenters. The molecule has 0 bridgehead atoms. The van der Waals surface area contributed by atoms with Crippen LogP contribution >= 0.6 is 0 Å². The van der Waals surface area contributed by atoms with Gasteiger partial charge in [-0.1, -0.05) is 5.72 Å². The van der Waals surface area contributed by atoms with Gasteiger partial charge in [0, 0.05) is 5.82 Å². The first kappa shape index (κ1) is 7.66. The highest BCUT2D eigenvalue weighted by molar-refractivity contribution is 6.42. The van der Waals surface area contributed by atoms with Crippen LogP contribution in [0.2, 0.25) is 11.5 Å². The van der Waals surface area contributed by atoms with Crippen molar-refractivity contribution in [3.8, 4) is 0 Å². The molecule has 0 heterocycles. The summed E-state index contributed by atoms with van der Waals surface area (Å²) in [4.78, 5) is 10.1. The van der Waals surface area contributed by atoms with E-state index in [0.29, 0.717) is 0 Å². The summed E-state index contributed by atoms with van der Waals surface area (Å²) in [7, 11) is 5.52. The highest BCUT2D eigenvalue weighted by Gasteiger charge is 2.13. The summed E-state index contributed by atoms with van der Waals surface area (Å²) in [5.41, 5.74) is 0.243. The Labute approximate surface area is 51.9 Å². The fraction of sp³-hybridized carbons (Fsp3) is 0.667. The Morgan fingerprint density at radius 2 is 1.75 bits per heavy atom. The minimum Gasteiger partial charge on any atom is -0.482 e. The van der Waals surface area contributed by atoms with Crippen molar-refractivity contribution in [1.29, 1.82) is 0 Å². The lowest BCUT2D eigenvalue weighted by molar-refractivity contribution is -0.136. The number of rotatable bonds is 2. The van der Waals surface area contributed by atoms with Gasteiger partial charge in [-0.25, -0.2) is 0 Å². The predicted octanol–water partition coefficient (Wildman–Crippen LogP) is -2.50. The van der Waals surface area contributed by atoms with Gasteiger partial charge in [-0.3, -0.25) is 4.79 Å². The maximum Gasteiger partial charge on any atom is 0.297 e. The van der Waals surface area contributed by atoms with Crippen molar-refractivity contribution in [3.05, 3.63) is 0 Å². The second-order valence-electron chi connectivity index (χ2n) is 2.37. The van der Waals surface area contributed by atoms with Crippen LogP contribution in [-0.2, 0) is 4.79 Å². The van der Waals surface area contributed by atoms with Gasteiger partial charge in [-0.15, -0.1) is 0 Å². The van der Waals surface area contributed by atoms with Crippen LogP contribution in [0.15, 0.2) is 0 Å². The van der Waals surface area contributed by atoms with Gasteiger partial charge in [-0.05, 0) is 0 Å². The van der Waals surface area contributed by atoms with Gasteiger partial charge in [0.25, 0.3) is 5.97 Å². The van der Waals surface area contributed by atoms with Crippen molar-refractivity contribution >= 4 is 29.5 Å². The van der Waals surface area contributed by atoms with E-state index in [1.54, 1.807) is 7.85 Å². The third-order valence-corrected chi connectivity index (χ3v) is 1.39. The van der Waals surface area contributed by atoms with E-state index >= 15 is 0 Å². The van der Waals surface area contributed by atoms with Crippen LogP contribution in [-0.4, -0.2) is 34.6 Å². The molecule has 0 rings (SSSR count). The standard InChI is InChI=1S/C3H9B3O2/c4-1(2(5)6)3(7)8/h1-2H,4-6H2,(H,7,8). The zero-order chi connectivity index (χ0) is 6.73. The minimum atomic E-state index is -0.708. The SMILES string of the molecule is BC(B)C(B)C(=O)O. The largest absolute Gasteiger partial charge is 0.482 e. The van der Waals surface area contributed by atoms with Crippen LogP contribution in [0.25, 0.3) is 0 Å². The Bertz CT molecular complexity index is 92.5. The Hall–Kier alpha value is -0.335. The van der Waals surface area contributed by atoms with Crippen molar-refractivity contribution in [2.75, 3.05) is 0 Å². The first-order chi connectivity index (χ1) is 3.55. The lowest BCUT2D eigenvalue weighted by atomic mass is 9.57. The van der Waals surface area contributed by atoms with Gasteiger partial charge in [0.1, 0.15) is 7.85 Å². The average molecular weight is 110 g/mol. The van der Waals surface area contributed by atoms with E-state index in [-0.39, 0.29) is 11.5 Å². The van der Waals surface area contributed by atoms with Crippen molar-refractivity contribution in [3.63, 3.8) is 0 Å². The van der Waals surface area contributed by atoms with E-state index < -0.39 is 5.97 Å². The molecular weight excluding hydrogens is 100 g/mol. The molecule has 0 aromatic heterocycles. The number of carbonyl (C=O) groups is 1. The highest BCUT2D eigenvalue weighted by Crippen LogP contribution is 2.11. The Balaban J connectivity index is 3.64. The molecular formula is C3H9B3O2. The molecule has 42 valence electrons. The molecule has 0 aromatic rings. The van der Waals surface area contributed by atoms with Crippen molar-refractivity contribution in [1.82, 2.24) is 0 Å². The molecule has 0 spiro atoms. The summed E-state index contributed by atoms with van der Waals surface area (Å²) in [5, 5.41) is 8.35. The van der Waals surface area contributed by atoms with E-state index in [0.717, 1.165) is 0 Å². The predicted molar refractivity (Wildman–Crippen MR) is 40.8 cm³/mol. The lowest BCUT2D eigenvalue weighted by Crippen LogP contribution is -2.13. The van der Waals surface area contributed by atoms with Gasteiger partial charge in [0.05, 0.1) is 15.7 Å². The maximum absolute atomic E-state index is 10.1. The Kier molecular flexibility index (Phi) is 2.73.